The highest BCUT2D eigenvalue weighted by atomic mass is 35.5. The summed E-state index contributed by atoms with van der Waals surface area (Å²) in [7, 11) is 0. The number of rotatable bonds is 4. The molecule has 6 heteroatoms. The molecule has 0 heterocycles. The van der Waals surface area contributed by atoms with E-state index in [1.165, 1.54) is 12.1 Å². The van der Waals surface area contributed by atoms with Gasteiger partial charge < -0.3 is 9.84 Å². The minimum absolute atomic E-state index is 0.00809. The molecule has 1 N–H and O–H groups in total. The topological polar surface area (TPSA) is 70.3 Å². The van der Waals surface area contributed by atoms with Gasteiger partial charge in [0.05, 0.1) is 10.6 Å². The van der Waals surface area contributed by atoms with E-state index in [0.29, 0.717) is 5.56 Å². The van der Waals surface area contributed by atoms with Gasteiger partial charge in [0, 0.05) is 0 Å². The summed E-state index contributed by atoms with van der Waals surface area (Å²) in [6.45, 7) is -0.00809. The molecule has 0 unspecified atom stereocenters. The summed E-state index contributed by atoms with van der Waals surface area (Å²) in [6, 6.07) is 10.4. The van der Waals surface area contributed by atoms with Crippen LogP contribution in [0.1, 0.15) is 21.5 Å². The predicted molar refractivity (Wildman–Crippen MR) is 73.9 cm³/mol. The molecule has 0 saturated heterocycles. The van der Waals surface area contributed by atoms with Gasteiger partial charge >= 0.3 is 5.97 Å². The van der Waals surface area contributed by atoms with Crippen LogP contribution in [-0.4, -0.2) is 11.1 Å². The second kappa shape index (κ2) is 6.25. The molecular formula is C15H9ClFNO3. The molecule has 2 aromatic rings. The smallest absolute Gasteiger partial charge is 0.338 e. The summed E-state index contributed by atoms with van der Waals surface area (Å²) in [5.41, 5.74) is 0.238. The standard InChI is InChI=1S/C15H9ClFNO3/c16-12-2-1-3-14(11(12)7-18)21-8-9-4-5-10(15(19)20)13(17)6-9/h1-6H,8H2,(H,19,20). The van der Waals surface area contributed by atoms with Crippen LogP contribution in [0.25, 0.3) is 0 Å². The molecule has 0 spiro atoms. The number of nitriles is 1. The maximum Gasteiger partial charge on any atom is 0.338 e. The Hall–Kier alpha value is -2.58. The van der Waals surface area contributed by atoms with Crippen LogP contribution in [0.3, 0.4) is 0 Å². The van der Waals surface area contributed by atoms with Crippen molar-refractivity contribution in [2.75, 3.05) is 0 Å². The van der Waals surface area contributed by atoms with Gasteiger partial charge in [-0.05, 0) is 29.8 Å². The minimum atomic E-state index is -1.33. The number of carbonyl (C=O) groups is 1. The van der Waals surface area contributed by atoms with Crippen molar-refractivity contribution in [2.45, 2.75) is 6.61 Å². The Kier molecular flexibility index (Phi) is 4.41. The highest BCUT2D eigenvalue weighted by Gasteiger charge is 2.12. The van der Waals surface area contributed by atoms with E-state index in [9.17, 15) is 9.18 Å². The Balaban J connectivity index is 2.18. The van der Waals surface area contributed by atoms with Gasteiger partial charge in [0.2, 0.25) is 0 Å². The monoisotopic (exact) mass is 305 g/mol. The second-order valence-electron chi connectivity index (χ2n) is 4.13. The second-order valence-corrected chi connectivity index (χ2v) is 4.54. The van der Waals surface area contributed by atoms with Crippen molar-refractivity contribution in [3.05, 3.63) is 63.9 Å². The molecule has 0 aromatic heterocycles. The average molecular weight is 306 g/mol. The highest BCUT2D eigenvalue weighted by molar-refractivity contribution is 6.31. The van der Waals surface area contributed by atoms with Crippen molar-refractivity contribution in [3.8, 4) is 11.8 Å². The number of ether oxygens (including phenoxy) is 1. The van der Waals surface area contributed by atoms with Gasteiger partial charge in [-0.3, -0.25) is 0 Å². The van der Waals surface area contributed by atoms with Gasteiger partial charge in [-0.1, -0.05) is 23.7 Å². The predicted octanol–water partition coefficient (Wildman–Crippen LogP) is 3.63. The Morgan fingerprint density at radius 1 is 1.38 bits per heavy atom. The quantitative estimate of drug-likeness (QED) is 0.936. The van der Waals surface area contributed by atoms with Gasteiger partial charge in [0.25, 0.3) is 0 Å². The fourth-order valence-corrected chi connectivity index (χ4v) is 1.92. The molecule has 0 bridgehead atoms. The lowest BCUT2D eigenvalue weighted by atomic mass is 10.1. The first-order valence-electron chi connectivity index (χ1n) is 5.86. The zero-order valence-electron chi connectivity index (χ0n) is 10.6. The van der Waals surface area contributed by atoms with E-state index in [0.717, 1.165) is 6.07 Å². The third kappa shape index (κ3) is 3.30. The van der Waals surface area contributed by atoms with Crippen molar-refractivity contribution in [3.63, 3.8) is 0 Å². The van der Waals surface area contributed by atoms with E-state index in [2.05, 4.69) is 0 Å². The van der Waals surface area contributed by atoms with E-state index in [4.69, 9.17) is 26.7 Å². The van der Waals surface area contributed by atoms with Crippen molar-refractivity contribution >= 4 is 17.6 Å². The van der Waals surface area contributed by atoms with Gasteiger partial charge in [-0.25, -0.2) is 9.18 Å². The van der Waals surface area contributed by atoms with Crippen LogP contribution in [0, 0.1) is 17.1 Å². The average Bonchev–Trinajstić information content (AvgIpc) is 2.44. The van der Waals surface area contributed by atoms with E-state index in [1.807, 2.05) is 6.07 Å². The maximum absolute atomic E-state index is 13.5. The first-order chi connectivity index (χ1) is 10.0. The summed E-state index contributed by atoms with van der Waals surface area (Å²) in [5.74, 6) is -1.88. The van der Waals surface area contributed by atoms with Gasteiger partial charge in [-0.15, -0.1) is 0 Å². The molecule has 21 heavy (non-hydrogen) atoms. The molecule has 0 aliphatic heterocycles. The van der Waals surface area contributed by atoms with Crippen LogP contribution in [0.4, 0.5) is 4.39 Å². The zero-order chi connectivity index (χ0) is 15.4. The third-order valence-corrected chi connectivity index (χ3v) is 3.06. The van der Waals surface area contributed by atoms with Gasteiger partial charge in [-0.2, -0.15) is 5.26 Å². The van der Waals surface area contributed by atoms with Crippen LogP contribution >= 0.6 is 11.6 Å². The number of benzene rings is 2. The first-order valence-corrected chi connectivity index (χ1v) is 6.24. The van der Waals surface area contributed by atoms with E-state index in [1.54, 1.807) is 18.2 Å². The molecule has 0 radical (unpaired) electrons. The number of carboxylic acids is 1. The van der Waals surface area contributed by atoms with Crippen molar-refractivity contribution < 1.29 is 19.0 Å². The molecule has 0 atom stereocenters. The Labute approximate surface area is 125 Å². The number of hydrogen-bond donors (Lipinski definition) is 1. The normalized spacial score (nSPS) is 9.95. The van der Waals surface area contributed by atoms with Crippen molar-refractivity contribution in [1.82, 2.24) is 0 Å². The minimum Gasteiger partial charge on any atom is -0.487 e. The molecule has 4 nitrogen and oxygen atoms in total. The van der Waals surface area contributed by atoms with Crippen LogP contribution in [0.5, 0.6) is 5.75 Å². The van der Waals surface area contributed by atoms with Crippen LogP contribution in [-0.2, 0) is 6.61 Å². The zero-order valence-corrected chi connectivity index (χ0v) is 11.4. The molecule has 106 valence electrons. The van der Waals surface area contributed by atoms with Gasteiger partial charge in [0.15, 0.2) is 0 Å². The van der Waals surface area contributed by atoms with Crippen molar-refractivity contribution in [1.29, 1.82) is 5.26 Å². The number of nitrogens with zero attached hydrogens (tertiary/aromatic N) is 1. The number of carboxylic acid groups (broad SMARTS) is 1. The number of hydrogen-bond acceptors (Lipinski definition) is 3. The molecule has 0 aliphatic rings. The Morgan fingerprint density at radius 3 is 2.76 bits per heavy atom. The van der Waals surface area contributed by atoms with Crippen LogP contribution in [0.2, 0.25) is 5.02 Å². The number of halogens is 2. The highest BCUT2D eigenvalue weighted by Crippen LogP contribution is 2.26. The lowest BCUT2D eigenvalue weighted by Gasteiger charge is -2.09. The molecule has 0 aliphatic carbocycles. The number of aromatic carboxylic acids is 1. The summed E-state index contributed by atoms with van der Waals surface area (Å²) < 4.78 is 19.0. The Bertz CT molecular complexity index is 740. The van der Waals surface area contributed by atoms with E-state index >= 15 is 0 Å². The van der Waals surface area contributed by atoms with Crippen LogP contribution < -0.4 is 4.74 Å². The molecular weight excluding hydrogens is 297 g/mol. The molecule has 0 fully saturated rings. The summed E-state index contributed by atoms with van der Waals surface area (Å²) in [4.78, 5) is 10.7. The summed E-state index contributed by atoms with van der Waals surface area (Å²) in [5, 5.41) is 18.0. The lowest BCUT2D eigenvalue weighted by Crippen LogP contribution is -2.03. The Morgan fingerprint density at radius 2 is 2.14 bits per heavy atom. The molecule has 0 amide bonds. The van der Waals surface area contributed by atoms with Gasteiger partial charge in [0.1, 0.15) is 29.8 Å². The van der Waals surface area contributed by atoms with E-state index in [-0.39, 0.29) is 22.9 Å². The fourth-order valence-electron chi connectivity index (χ4n) is 1.72. The van der Waals surface area contributed by atoms with Crippen LogP contribution in [0.15, 0.2) is 36.4 Å². The largest absolute Gasteiger partial charge is 0.487 e. The molecule has 2 rings (SSSR count). The summed E-state index contributed by atoms with van der Waals surface area (Å²) in [6.07, 6.45) is 0. The fraction of sp³-hybridized carbons (Fsp3) is 0.0667. The molecule has 0 saturated carbocycles. The first kappa shape index (κ1) is 14.8. The third-order valence-electron chi connectivity index (χ3n) is 2.75. The molecule has 2 aromatic carbocycles. The SMILES string of the molecule is N#Cc1c(Cl)cccc1OCc1ccc(C(=O)O)c(F)c1. The van der Waals surface area contributed by atoms with E-state index < -0.39 is 17.3 Å². The lowest BCUT2D eigenvalue weighted by molar-refractivity contribution is 0.0692. The van der Waals surface area contributed by atoms with Crippen molar-refractivity contribution in [2.24, 2.45) is 0 Å². The maximum atomic E-state index is 13.5. The summed E-state index contributed by atoms with van der Waals surface area (Å²) >= 11 is 5.86.